The highest BCUT2D eigenvalue weighted by Gasteiger charge is 2.59. The van der Waals surface area contributed by atoms with Crippen LogP contribution in [-0.2, 0) is 9.59 Å². The molecular formula is C24H35NO3. The first-order valence-corrected chi connectivity index (χ1v) is 11.9. The maximum Gasteiger partial charge on any atom is 0.254 e. The van der Waals surface area contributed by atoms with Gasteiger partial charge < -0.3 is 0 Å². The molecule has 1 atom stereocenters. The van der Waals surface area contributed by atoms with Gasteiger partial charge in [0.2, 0.25) is 0 Å². The fraction of sp³-hybridized carbons (Fsp3) is 0.917. The smallest absolute Gasteiger partial charge is 0.254 e. The normalized spacial score (nSPS) is 51.3. The molecule has 8 aliphatic rings. The largest absolute Gasteiger partial charge is 0.299 e. The zero-order valence-electron chi connectivity index (χ0n) is 17.0. The lowest BCUT2D eigenvalue weighted by Gasteiger charge is -2.59. The molecule has 8 aliphatic carbocycles. The number of nitrogens with one attached hydrogen (secondary N) is 1. The number of hydrogen-bond acceptors (Lipinski definition) is 3. The number of amides is 1. The average molecular weight is 386 g/mol. The molecule has 2 N–H and O–H groups in total. The van der Waals surface area contributed by atoms with Gasteiger partial charge in [-0.15, -0.1) is 0 Å². The number of hydroxylamine groups is 1. The van der Waals surface area contributed by atoms with Crippen LogP contribution in [0, 0.1) is 52.3 Å². The fourth-order valence-corrected chi connectivity index (χ4v) is 10.3. The summed E-state index contributed by atoms with van der Waals surface area (Å²) in [6, 6.07) is 0. The van der Waals surface area contributed by atoms with Crippen LogP contribution in [-0.4, -0.2) is 16.9 Å². The molecule has 28 heavy (non-hydrogen) atoms. The maximum atomic E-state index is 13.8. The van der Waals surface area contributed by atoms with E-state index >= 15 is 0 Å². The third-order valence-electron chi connectivity index (χ3n) is 10.1. The third kappa shape index (κ3) is 2.66. The van der Waals surface area contributed by atoms with Crippen LogP contribution in [0.25, 0.3) is 0 Å². The van der Waals surface area contributed by atoms with E-state index in [2.05, 4.69) is 0 Å². The molecular weight excluding hydrogens is 350 g/mol. The van der Waals surface area contributed by atoms with Crippen LogP contribution in [0.4, 0.5) is 0 Å². The Balaban J connectivity index is 1.28. The number of rotatable bonds is 5. The van der Waals surface area contributed by atoms with E-state index in [0.717, 1.165) is 37.0 Å². The summed E-state index contributed by atoms with van der Waals surface area (Å²) in [4.78, 5) is 26.6. The highest BCUT2D eigenvalue weighted by molar-refractivity contribution is 6.02. The first-order valence-electron chi connectivity index (χ1n) is 11.9. The van der Waals surface area contributed by atoms with Crippen LogP contribution < -0.4 is 5.48 Å². The van der Waals surface area contributed by atoms with Gasteiger partial charge in [0.25, 0.3) is 5.91 Å². The van der Waals surface area contributed by atoms with E-state index in [1.54, 1.807) is 0 Å². The lowest BCUT2D eigenvalue weighted by Crippen LogP contribution is -2.56. The number of carbonyl (C=O) groups is 2. The summed E-state index contributed by atoms with van der Waals surface area (Å²) < 4.78 is 0. The van der Waals surface area contributed by atoms with Crippen molar-refractivity contribution in [1.82, 2.24) is 5.48 Å². The zero-order chi connectivity index (χ0) is 19.1. The van der Waals surface area contributed by atoms with Crippen molar-refractivity contribution in [2.24, 2.45) is 52.3 Å². The predicted molar refractivity (Wildman–Crippen MR) is 104 cm³/mol. The molecule has 0 aromatic rings. The lowest BCUT2D eigenvalue weighted by atomic mass is 9.44. The number of hydrogen-bond donors (Lipinski definition) is 2. The first-order chi connectivity index (χ1) is 13.5. The van der Waals surface area contributed by atoms with Crippen LogP contribution in [0.5, 0.6) is 0 Å². The Bertz CT molecular complexity index is 627. The molecule has 0 spiro atoms. The van der Waals surface area contributed by atoms with Gasteiger partial charge in [-0.25, -0.2) is 5.48 Å². The number of carbonyl (C=O) groups excluding carboxylic acids is 2. The van der Waals surface area contributed by atoms with Crippen LogP contribution in [0.1, 0.15) is 83.5 Å². The maximum absolute atomic E-state index is 13.8. The molecule has 0 saturated heterocycles. The summed E-state index contributed by atoms with van der Waals surface area (Å²) in [5.41, 5.74) is 1.92. The van der Waals surface area contributed by atoms with Gasteiger partial charge in [-0.05, 0) is 123 Å². The number of ketones is 1. The van der Waals surface area contributed by atoms with Gasteiger partial charge in [-0.1, -0.05) is 0 Å². The summed E-state index contributed by atoms with van der Waals surface area (Å²) in [5, 5.41) is 9.53. The minimum Gasteiger partial charge on any atom is -0.299 e. The van der Waals surface area contributed by atoms with Crippen molar-refractivity contribution in [3.8, 4) is 0 Å². The van der Waals surface area contributed by atoms with Gasteiger partial charge in [0.15, 0.2) is 0 Å². The lowest BCUT2D eigenvalue weighted by molar-refractivity contribution is -0.160. The molecule has 8 saturated carbocycles. The second kappa shape index (κ2) is 6.06. The van der Waals surface area contributed by atoms with Gasteiger partial charge in [0.05, 0.1) is 0 Å². The standard InChI is InChI=1S/C24H35NO3/c26-20(13-23-7-14-1-15(8-23)3-16(2-14)9-23)21(22(27)25-28)24-10-17-4-18(11-24)6-19(5-17)12-24/h14-19,21,28H,1-13H2,(H,25,27). The monoisotopic (exact) mass is 385 g/mol. The van der Waals surface area contributed by atoms with E-state index in [4.69, 9.17) is 0 Å². The molecule has 0 aliphatic heterocycles. The molecule has 8 fully saturated rings. The molecule has 0 aromatic heterocycles. The summed E-state index contributed by atoms with van der Waals surface area (Å²) in [7, 11) is 0. The van der Waals surface area contributed by atoms with Crippen LogP contribution in [0.15, 0.2) is 0 Å². The van der Waals surface area contributed by atoms with E-state index in [1.807, 2.05) is 5.48 Å². The SMILES string of the molecule is O=C(CC12CC3CC(CC(C3)C1)C2)C(C(=O)NO)C12CC3CC(CC(C3)C1)C2. The Morgan fingerprint density at radius 2 is 1.14 bits per heavy atom. The second-order valence-corrected chi connectivity index (χ2v) is 12.2. The van der Waals surface area contributed by atoms with E-state index in [0.29, 0.717) is 24.2 Å². The molecule has 4 nitrogen and oxygen atoms in total. The number of Topliss-reactive ketones (excluding diaryl/α,β-unsaturated/α-hetero) is 1. The summed E-state index contributed by atoms with van der Waals surface area (Å²) in [6.07, 6.45) is 15.3. The summed E-state index contributed by atoms with van der Waals surface area (Å²) in [5.74, 6) is 3.72. The van der Waals surface area contributed by atoms with Gasteiger partial charge >= 0.3 is 0 Å². The molecule has 0 aromatic carbocycles. The van der Waals surface area contributed by atoms with Crippen LogP contribution in [0.3, 0.4) is 0 Å². The van der Waals surface area contributed by atoms with Gasteiger partial charge in [-0.2, -0.15) is 0 Å². The zero-order valence-corrected chi connectivity index (χ0v) is 17.0. The third-order valence-corrected chi connectivity index (χ3v) is 10.1. The molecule has 1 amide bonds. The fourth-order valence-electron chi connectivity index (χ4n) is 10.3. The van der Waals surface area contributed by atoms with E-state index in [1.165, 1.54) is 57.8 Å². The van der Waals surface area contributed by atoms with Crippen molar-refractivity contribution in [2.45, 2.75) is 83.5 Å². The van der Waals surface area contributed by atoms with Gasteiger partial charge in [-0.3, -0.25) is 14.8 Å². The Labute approximate surface area is 168 Å². The Morgan fingerprint density at radius 3 is 1.54 bits per heavy atom. The van der Waals surface area contributed by atoms with Crippen molar-refractivity contribution in [1.29, 1.82) is 0 Å². The summed E-state index contributed by atoms with van der Waals surface area (Å²) >= 11 is 0. The van der Waals surface area contributed by atoms with Crippen LogP contribution >= 0.6 is 0 Å². The van der Waals surface area contributed by atoms with Gasteiger partial charge in [0, 0.05) is 6.42 Å². The Hall–Kier alpha value is -0.900. The van der Waals surface area contributed by atoms with Crippen molar-refractivity contribution in [2.75, 3.05) is 0 Å². The molecule has 4 heteroatoms. The van der Waals surface area contributed by atoms with Crippen molar-refractivity contribution in [3.05, 3.63) is 0 Å². The minimum atomic E-state index is -0.612. The molecule has 8 rings (SSSR count). The highest BCUT2D eigenvalue weighted by atomic mass is 16.5. The van der Waals surface area contributed by atoms with E-state index < -0.39 is 11.8 Å². The molecule has 1 unspecified atom stereocenters. The minimum absolute atomic E-state index is 0.162. The highest BCUT2D eigenvalue weighted by Crippen LogP contribution is 2.65. The second-order valence-electron chi connectivity index (χ2n) is 12.2. The van der Waals surface area contributed by atoms with Crippen LogP contribution in [0.2, 0.25) is 0 Å². The quantitative estimate of drug-likeness (QED) is 0.416. The Kier molecular flexibility index (Phi) is 3.88. The van der Waals surface area contributed by atoms with Crippen molar-refractivity contribution in [3.63, 3.8) is 0 Å². The first kappa shape index (κ1) is 17.9. The van der Waals surface area contributed by atoms with Crippen molar-refractivity contribution >= 4 is 11.7 Å². The molecule has 154 valence electrons. The van der Waals surface area contributed by atoms with E-state index in [9.17, 15) is 14.8 Å². The topological polar surface area (TPSA) is 66.4 Å². The average Bonchev–Trinajstić information content (AvgIpc) is 2.58. The van der Waals surface area contributed by atoms with E-state index in [-0.39, 0.29) is 16.6 Å². The predicted octanol–water partition coefficient (Wildman–Crippen LogP) is 4.50. The molecule has 0 heterocycles. The molecule has 0 radical (unpaired) electrons. The molecule has 8 bridgehead atoms. The van der Waals surface area contributed by atoms with Crippen molar-refractivity contribution < 1.29 is 14.8 Å². The Morgan fingerprint density at radius 1 is 0.750 bits per heavy atom. The summed E-state index contributed by atoms with van der Waals surface area (Å²) in [6.45, 7) is 0. The van der Waals surface area contributed by atoms with Gasteiger partial charge in [0.1, 0.15) is 11.7 Å².